The van der Waals surface area contributed by atoms with Crippen LogP contribution in [0, 0.1) is 6.92 Å². The number of aromatic nitrogens is 2. The van der Waals surface area contributed by atoms with Crippen LogP contribution in [-0.4, -0.2) is 30.2 Å². The Kier molecular flexibility index (Phi) is 4.57. The highest BCUT2D eigenvalue weighted by atomic mass is 16.4. The van der Waals surface area contributed by atoms with Crippen LogP contribution in [0.5, 0.6) is 0 Å². The molecule has 2 rings (SSSR count). The lowest BCUT2D eigenvalue weighted by molar-refractivity contribution is -0.121. The van der Waals surface area contributed by atoms with E-state index < -0.39 is 0 Å². The van der Waals surface area contributed by atoms with Crippen molar-refractivity contribution in [3.63, 3.8) is 0 Å². The molecule has 1 N–H and O–H groups in total. The number of rotatable bonds is 5. The van der Waals surface area contributed by atoms with E-state index in [0.717, 1.165) is 11.3 Å². The molecule has 0 aliphatic carbocycles. The first kappa shape index (κ1) is 15.0. The first-order chi connectivity index (χ1) is 9.95. The molecule has 0 bridgehead atoms. The molecule has 1 aromatic carbocycles. The molecule has 0 radical (unpaired) electrons. The quantitative estimate of drug-likeness (QED) is 0.909. The predicted octanol–water partition coefficient (Wildman–Crippen LogP) is 1.86. The van der Waals surface area contributed by atoms with Crippen molar-refractivity contribution in [1.82, 2.24) is 15.5 Å². The van der Waals surface area contributed by atoms with E-state index in [4.69, 9.17) is 4.42 Å². The van der Waals surface area contributed by atoms with Gasteiger partial charge in [0.05, 0.1) is 6.42 Å². The Hall–Kier alpha value is -2.37. The normalized spacial score (nSPS) is 12.0. The zero-order valence-corrected chi connectivity index (χ0v) is 12.8. The first-order valence-electron chi connectivity index (χ1n) is 6.81. The maximum atomic E-state index is 12.0. The summed E-state index contributed by atoms with van der Waals surface area (Å²) in [5.74, 6) is 0.838. The van der Waals surface area contributed by atoms with Crippen LogP contribution in [0.4, 0.5) is 5.69 Å². The summed E-state index contributed by atoms with van der Waals surface area (Å²) in [5, 5.41) is 10.5. The second kappa shape index (κ2) is 6.39. The Morgan fingerprint density at radius 3 is 2.48 bits per heavy atom. The number of nitrogens with one attached hydrogen (secondary N) is 1. The van der Waals surface area contributed by atoms with Gasteiger partial charge >= 0.3 is 0 Å². The van der Waals surface area contributed by atoms with Gasteiger partial charge in [0.1, 0.15) is 6.04 Å². The third kappa shape index (κ3) is 4.05. The minimum atomic E-state index is -0.292. The molecular weight excluding hydrogens is 268 g/mol. The molecule has 6 heteroatoms. The smallest absolute Gasteiger partial charge is 0.238 e. The zero-order chi connectivity index (χ0) is 15.4. The van der Waals surface area contributed by atoms with Gasteiger partial charge < -0.3 is 14.6 Å². The maximum Gasteiger partial charge on any atom is 0.238 e. The van der Waals surface area contributed by atoms with Crippen molar-refractivity contribution >= 4 is 11.6 Å². The summed E-state index contributed by atoms with van der Waals surface area (Å²) >= 11 is 0. The van der Waals surface area contributed by atoms with Crippen LogP contribution in [0.2, 0.25) is 0 Å². The van der Waals surface area contributed by atoms with E-state index in [1.54, 1.807) is 6.92 Å². The molecule has 0 aliphatic heterocycles. The molecule has 0 unspecified atom stereocenters. The van der Waals surface area contributed by atoms with Gasteiger partial charge in [-0.1, -0.05) is 12.1 Å². The summed E-state index contributed by atoms with van der Waals surface area (Å²) in [6.07, 6.45) is 0.325. The fraction of sp³-hybridized carbons (Fsp3) is 0.400. The van der Waals surface area contributed by atoms with Gasteiger partial charge in [-0.2, -0.15) is 0 Å². The number of hydrogen-bond donors (Lipinski definition) is 1. The Morgan fingerprint density at radius 2 is 1.95 bits per heavy atom. The molecule has 21 heavy (non-hydrogen) atoms. The third-order valence-corrected chi connectivity index (χ3v) is 3.11. The topological polar surface area (TPSA) is 71.3 Å². The Labute approximate surface area is 124 Å². The molecule has 112 valence electrons. The van der Waals surface area contributed by atoms with Crippen LogP contribution in [0.3, 0.4) is 0 Å². The fourth-order valence-corrected chi connectivity index (χ4v) is 1.94. The Morgan fingerprint density at radius 1 is 1.29 bits per heavy atom. The van der Waals surface area contributed by atoms with E-state index in [2.05, 4.69) is 15.5 Å². The number of nitrogens with zero attached hydrogens (tertiary/aromatic N) is 3. The molecule has 1 aromatic heterocycles. The lowest BCUT2D eigenvalue weighted by Gasteiger charge is -2.13. The molecule has 1 heterocycles. The van der Waals surface area contributed by atoms with Crippen LogP contribution < -0.4 is 10.2 Å². The van der Waals surface area contributed by atoms with Crippen LogP contribution in [0.25, 0.3) is 0 Å². The molecule has 0 saturated heterocycles. The summed E-state index contributed by atoms with van der Waals surface area (Å²) in [7, 11) is 3.96. The summed E-state index contributed by atoms with van der Waals surface area (Å²) < 4.78 is 5.30. The first-order valence-corrected chi connectivity index (χ1v) is 6.81. The van der Waals surface area contributed by atoms with E-state index in [1.807, 2.05) is 50.2 Å². The van der Waals surface area contributed by atoms with Crippen molar-refractivity contribution in [2.75, 3.05) is 19.0 Å². The summed E-state index contributed by atoms with van der Waals surface area (Å²) in [5.41, 5.74) is 2.07. The lowest BCUT2D eigenvalue weighted by Crippen LogP contribution is -2.28. The highest BCUT2D eigenvalue weighted by Gasteiger charge is 2.15. The van der Waals surface area contributed by atoms with Crippen LogP contribution in [-0.2, 0) is 11.2 Å². The van der Waals surface area contributed by atoms with Gasteiger partial charge in [0.2, 0.25) is 17.7 Å². The highest BCUT2D eigenvalue weighted by molar-refractivity contribution is 5.79. The summed E-state index contributed by atoms with van der Waals surface area (Å²) in [6, 6.07) is 7.60. The Bertz CT molecular complexity index is 604. The zero-order valence-electron chi connectivity index (χ0n) is 12.8. The summed E-state index contributed by atoms with van der Waals surface area (Å²) in [4.78, 5) is 14.0. The van der Waals surface area contributed by atoms with Gasteiger partial charge in [0, 0.05) is 26.7 Å². The van der Waals surface area contributed by atoms with Crippen molar-refractivity contribution in [1.29, 1.82) is 0 Å². The van der Waals surface area contributed by atoms with Crippen molar-refractivity contribution in [2.45, 2.75) is 26.3 Å². The molecule has 6 nitrogen and oxygen atoms in total. The molecule has 1 atom stereocenters. The second-order valence-corrected chi connectivity index (χ2v) is 5.19. The van der Waals surface area contributed by atoms with E-state index in [1.165, 1.54) is 0 Å². The van der Waals surface area contributed by atoms with Crippen LogP contribution >= 0.6 is 0 Å². The highest BCUT2D eigenvalue weighted by Crippen LogP contribution is 2.14. The van der Waals surface area contributed by atoms with E-state index in [9.17, 15) is 4.79 Å². The number of amides is 1. The molecule has 0 spiro atoms. The lowest BCUT2D eigenvalue weighted by atomic mass is 10.1. The maximum absolute atomic E-state index is 12.0. The fourth-order valence-electron chi connectivity index (χ4n) is 1.94. The number of hydrogen-bond acceptors (Lipinski definition) is 5. The van der Waals surface area contributed by atoms with Gasteiger partial charge in [-0.15, -0.1) is 10.2 Å². The Balaban J connectivity index is 1.92. The summed E-state index contributed by atoms with van der Waals surface area (Å²) in [6.45, 7) is 3.54. The monoisotopic (exact) mass is 288 g/mol. The number of benzene rings is 1. The van der Waals surface area contributed by atoms with Gasteiger partial charge in [-0.05, 0) is 24.6 Å². The van der Waals surface area contributed by atoms with Crippen molar-refractivity contribution < 1.29 is 9.21 Å². The molecule has 0 fully saturated rings. The van der Waals surface area contributed by atoms with E-state index in [-0.39, 0.29) is 11.9 Å². The van der Waals surface area contributed by atoms with Gasteiger partial charge in [0.25, 0.3) is 0 Å². The number of aryl methyl sites for hydroxylation is 1. The van der Waals surface area contributed by atoms with E-state index in [0.29, 0.717) is 18.2 Å². The standard InChI is InChI=1S/C15H20N4O2/c1-10(15-18-17-11(2)21-15)16-14(20)9-12-5-7-13(8-6-12)19(3)4/h5-8,10H,9H2,1-4H3,(H,16,20)/t10-/m0/s1. The number of anilines is 1. The third-order valence-electron chi connectivity index (χ3n) is 3.11. The van der Waals surface area contributed by atoms with Crippen molar-refractivity contribution in [2.24, 2.45) is 0 Å². The van der Waals surface area contributed by atoms with Crippen molar-refractivity contribution in [3.8, 4) is 0 Å². The molecule has 1 amide bonds. The number of carbonyl (C=O) groups excluding carboxylic acids is 1. The molecule has 0 saturated carbocycles. The predicted molar refractivity (Wildman–Crippen MR) is 80.1 cm³/mol. The van der Waals surface area contributed by atoms with Crippen LogP contribution in [0.1, 0.15) is 30.3 Å². The van der Waals surface area contributed by atoms with E-state index >= 15 is 0 Å². The average Bonchev–Trinajstić information content (AvgIpc) is 2.86. The molecule has 2 aromatic rings. The minimum absolute atomic E-state index is 0.0732. The molecule has 0 aliphatic rings. The van der Waals surface area contributed by atoms with Gasteiger partial charge in [-0.25, -0.2) is 0 Å². The molecular formula is C15H20N4O2. The van der Waals surface area contributed by atoms with Crippen LogP contribution in [0.15, 0.2) is 28.7 Å². The second-order valence-electron chi connectivity index (χ2n) is 5.19. The van der Waals surface area contributed by atoms with Gasteiger partial charge in [-0.3, -0.25) is 4.79 Å². The largest absolute Gasteiger partial charge is 0.423 e. The van der Waals surface area contributed by atoms with Crippen molar-refractivity contribution in [3.05, 3.63) is 41.6 Å². The minimum Gasteiger partial charge on any atom is -0.423 e. The average molecular weight is 288 g/mol. The van der Waals surface area contributed by atoms with Gasteiger partial charge in [0.15, 0.2) is 0 Å². The number of carbonyl (C=O) groups is 1. The SMILES string of the molecule is Cc1nnc([C@H](C)NC(=O)Cc2ccc(N(C)C)cc2)o1.